The van der Waals surface area contributed by atoms with Crippen molar-refractivity contribution in [2.75, 3.05) is 20.3 Å². The molecular formula is C17H29N3O. The van der Waals surface area contributed by atoms with Gasteiger partial charge in [0.15, 0.2) is 0 Å². The van der Waals surface area contributed by atoms with Crippen LogP contribution in [0.4, 0.5) is 0 Å². The van der Waals surface area contributed by atoms with Crippen LogP contribution in [0.1, 0.15) is 68.1 Å². The quantitative estimate of drug-likeness (QED) is 0.817. The van der Waals surface area contributed by atoms with Crippen LogP contribution in [0.15, 0.2) is 6.07 Å². The molecule has 1 aliphatic carbocycles. The number of methoxy groups -OCH3 is 1. The molecule has 0 saturated heterocycles. The Morgan fingerprint density at radius 3 is 2.57 bits per heavy atom. The molecule has 1 saturated carbocycles. The molecule has 4 heteroatoms. The Bertz CT molecular complexity index is 414. The van der Waals surface area contributed by atoms with Crippen molar-refractivity contribution in [2.45, 2.75) is 64.3 Å². The Balaban J connectivity index is 1.99. The van der Waals surface area contributed by atoms with Crippen LogP contribution in [0.25, 0.3) is 0 Å². The first-order valence-electron chi connectivity index (χ1n) is 8.33. The van der Waals surface area contributed by atoms with Gasteiger partial charge in [-0.15, -0.1) is 0 Å². The zero-order valence-corrected chi connectivity index (χ0v) is 13.5. The maximum Gasteiger partial charge on any atom is 0.131 e. The Hall–Kier alpha value is -1.00. The lowest BCUT2D eigenvalue weighted by atomic mass is 9.90. The number of aryl methyl sites for hydroxylation is 1. The Kier molecular flexibility index (Phi) is 7.10. The van der Waals surface area contributed by atoms with Gasteiger partial charge in [0, 0.05) is 31.8 Å². The Morgan fingerprint density at radius 1 is 1.14 bits per heavy atom. The fourth-order valence-corrected chi connectivity index (χ4v) is 3.04. The molecular weight excluding hydrogens is 262 g/mol. The average Bonchev–Trinajstić information content (AvgIpc) is 2.43. The highest BCUT2D eigenvalue weighted by atomic mass is 16.5. The highest BCUT2D eigenvalue weighted by Crippen LogP contribution is 2.29. The fourth-order valence-electron chi connectivity index (χ4n) is 3.04. The number of rotatable bonds is 6. The Labute approximate surface area is 128 Å². The van der Waals surface area contributed by atoms with E-state index in [1.54, 1.807) is 7.11 Å². The SMILES string of the molecule is COCCNCc1cc(C)nc(C2CCCCCCC2)n1. The van der Waals surface area contributed by atoms with Crippen molar-refractivity contribution in [3.05, 3.63) is 23.3 Å². The molecule has 0 radical (unpaired) electrons. The molecule has 0 amide bonds. The largest absolute Gasteiger partial charge is 0.383 e. The topological polar surface area (TPSA) is 47.0 Å². The first kappa shape index (κ1) is 16.4. The number of hydrogen-bond acceptors (Lipinski definition) is 4. The van der Waals surface area contributed by atoms with E-state index in [1.165, 1.54) is 44.9 Å². The molecule has 1 aromatic rings. The van der Waals surface area contributed by atoms with Crippen molar-refractivity contribution < 1.29 is 4.74 Å². The second-order valence-electron chi connectivity index (χ2n) is 6.07. The zero-order valence-electron chi connectivity index (χ0n) is 13.5. The summed E-state index contributed by atoms with van der Waals surface area (Å²) in [4.78, 5) is 9.52. The number of aromatic nitrogens is 2. The summed E-state index contributed by atoms with van der Waals surface area (Å²) in [7, 11) is 1.73. The third-order valence-corrected chi connectivity index (χ3v) is 4.18. The monoisotopic (exact) mass is 291 g/mol. The lowest BCUT2D eigenvalue weighted by molar-refractivity contribution is 0.199. The molecule has 0 spiro atoms. The second kappa shape index (κ2) is 9.11. The minimum Gasteiger partial charge on any atom is -0.383 e. The molecule has 0 atom stereocenters. The maximum atomic E-state index is 5.05. The molecule has 1 N–H and O–H groups in total. The van der Waals surface area contributed by atoms with Crippen LogP contribution < -0.4 is 5.32 Å². The third-order valence-electron chi connectivity index (χ3n) is 4.18. The van der Waals surface area contributed by atoms with E-state index in [1.807, 2.05) is 0 Å². The van der Waals surface area contributed by atoms with Crippen LogP contribution in [0, 0.1) is 6.92 Å². The molecule has 1 fully saturated rings. The normalized spacial score (nSPS) is 17.4. The molecule has 4 nitrogen and oxygen atoms in total. The predicted octanol–water partition coefficient (Wildman–Crippen LogP) is 3.35. The number of nitrogens with one attached hydrogen (secondary N) is 1. The number of ether oxygens (including phenoxy) is 1. The van der Waals surface area contributed by atoms with E-state index in [2.05, 4.69) is 18.3 Å². The molecule has 1 aliphatic rings. The number of hydrogen-bond donors (Lipinski definition) is 1. The maximum absolute atomic E-state index is 5.05. The molecule has 2 rings (SSSR count). The summed E-state index contributed by atoms with van der Waals surface area (Å²) in [6, 6.07) is 2.09. The van der Waals surface area contributed by atoms with Gasteiger partial charge in [-0.25, -0.2) is 9.97 Å². The van der Waals surface area contributed by atoms with Crippen molar-refractivity contribution in [2.24, 2.45) is 0 Å². The van der Waals surface area contributed by atoms with Crippen LogP contribution in [0.3, 0.4) is 0 Å². The van der Waals surface area contributed by atoms with E-state index in [0.717, 1.165) is 36.9 Å². The van der Waals surface area contributed by atoms with Gasteiger partial charge >= 0.3 is 0 Å². The average molecular weight is 291 g/mol. The van der Waals surface area contributed by atoms with Crippen LogP contribution in [0.2, 0.25) is 0 Å². The predicted molar refractivity (Wildman–Crippen MR) is 85.4 cm³/mol. The van der Waals surface area contributed by atoms with Crippen molar-refractivity contribution in [3.8, 4) is 0 Å². The van der Waals surface area contributed by atoms with Crippen LogP contribution in [-0.4, -0.2) is 30.2 Å². The molecule has 1 aromatic heterocycles. The van der Waals surface area contributed by atoms with Crippen molar-refractivity contribution in [1.82, 2.24) is 15.3 Å². The molecule has 1 heterocycles. The first-order valence-corrected chi connectivity index (χ1v) is 8.33. The fraction of sp³-hybridized carbons (Fsp3) is 0.765. The van der Waals surface area contributed by atoms with Gasteiger partial charge < -0.3 is 10.1 Å². The van der Waals surface area contributed by atoms with E-state index >= 15 is 0 Å². The van der Waals surface area contributed by atoms with Gasteiger partial charge in [0.25, 0.3) is 0 Å². The van der Waals surface area contributed by atoms with Crippen LogP contribution in [0.5, 0.6) is 0 Å². The third kappa shape index (κ3) is 5.71. The summed E-state index contributed by atoms with van der Waals surface area (Å²) >= 11 is 0. The summed E-state index contributed by atoms with van der Waals surface area (Å²) in [6.45, 7) is 4.47. The standard InChI is InChI=1S/C17H29N3O/c1-14-12-16(13-18-10-11-21-2)20-17(19-14)15-8-6-4-3-5-7-9-15/h12,15,18H,3-11,13H2,1-2H3. The smallest absolute Gasteiger partial charge is 0.131 e. The van der Waals surface area contributed by atoms with E-state index in [9.17, 15) is 0 Å². The van der Waals surface area contributed by atoms with Gasteiger partial charge in [-0.05, 0) is 25.8 Å². The molecule has 0 aromatic carbocycles. The molecule has 0 bridgehead atoms. The highest BCUT2D eigenvalue weighted by molar-refractivity contribution is 5.12. The summed E-state index contributed by atoms with van der Waals surface area (Å²) in [5, 5.41) is 3.37. The van der Waals surface area contributed by atoms with Crippen molar-refractivity contribution >= 4 is 0 Å². The van der Waals surface area contributed by atoms with Crippen molar-refractivity contribution in [3.63, 3.8) is 0 Å². The van der Waals surface area contributed by atoms with Gasteiger partial charge in [-0.1, -0.05) is 32.1 Å². The summed E-state index contributed by atoms with van der Waals surface area (Å²) in [5.41, 5.74) is 2.20. The minimum absolute atomic E-state index is 0.558. The van der Waals surface area contributed by atoms with Crippen LogP contribution >= 0.6 is 0 Å². The summed E-state index contributed by atoms with van der Waals surface area (Å²) < 4.78 is 5.05. The van der Waals surface area contributed by atoms with Gasteiger partial charge in [-0.3, -0.25) is 0 Å². The zero-order chi connectivity index (χ0) is 14.9. The lowest BCUT2D eigenvalue weighted by Crippen LogP contribution is -2.20. The summed E-state index contributed by atoms with van der Waals surface area (Å²) in [6.07, 6.45) is 9.28. The first-order chi connectivity index (χ1) is 10.3. The highest BCUT2D eigenvalue weighted by Gasteiger charge is 2.17. The molecule has 0 aliphatic heterocycles. The van der Waals surface area contributed by atoms with Gasteiger partial charge in [0.2, 0.25) is 0 Å². The van der Waals surface area contributed by atoms with E-state index in [0.29, 0.717) is 5.92 Å². The van der Waals surface area contributed by atoms with Gasteiger partial charge in [0.05, 0.1) is 12.3 Å². The van der Waals surface area contributed by atoms with E-state index < -0.39 is 0 Å². The molecule has 0 unspecified atom stereocenters. The van der Waals surface area contributed by atoms with Crippen LogP contribution in [-0.2, 0) is 11.3 Å². The molecule has 21 heavy (non-hydrogen) atoms. The van der Waals surface area contributed by atoms with E-state index in [4.69, 9.17) is 14.7 Å². The summed E-state index contributed by atoms with van der Waals surface area (Å²) in [5.74, 6) is 1.63. The van der Waals surface area contributed by atoms with Gasteiger partial charge in [0.1, 0.15) is 5.82 Å². The lowest BCUT2D eigenvalue weighted by Gasteiger charge is -2.19. The second-order valence-corrected chi connectivity index (χ2v) is 6.07. The number of nitrogens with zero attached hydrogens (tertiary/aromatic N) is 2. The van der Waals surface area contributed by atoms with Gasteiger partial charge in [-0.2, -0.15) is 0 Å². The minimum atomic E-state index is 0.558. The Morgan fingerprint density at radius 2 is 1.86 bits per heavy atom. The molecule has 118 valence electrons. The van der Waals surface area contributed by atoms with Crippen molar-refractivity contribution in [1.29, 1.82) is 0 Å². The van der Waals surface area contributed by atoms with E-state index in [-0.39, 0.29) is 0 Å².